The van der Waals surface area contributed by atoms with Gasteiger partial charge in [0.05, 0.1) is 0 Å². The van der Waals surface area contributed by atoms with Crippen molar-refractivity contribution in [1.82, 2.24) is 9.97 Å². The minimum absolute atomic E-state index is 0.231. The zero-order chi connectivity index (χ0) is 13.1. The lowest BCUT2D eigenvalue weighted by molar-refractivity contribution is 0.626. The fraction of sp³-hybridized carbons (Fsp3) is 0.231. The lowest BCUT2D eigenvalue weighted by Crippen LogP contribution is -2.01. The molecule has 0 aliphatic heterocycles. The van der Waals surface area contributed by atoms with E-state index in [1.54, 1.807) is 12.1 Å². The molecule has 5 heteroatoms. The highest BCUT2D eigenvalue weighted by atomic mass is 32.2. The molecule has 0 atom stereocenters. The van der Waals surface area contributed by atoms with E-state index < -0.39 is 0 Å². The molecule has 0 unspecified atom stereocenters. The Morgan fingerprint density at radius 2 is 1.78 bits per heavy atom. The molecule has 1 heterocycles. The second-order valence-corrected chi connectivity index (χ2v) is 4.92. The summed E-state index contributed by atoms with van der Waals surface area (Å²) in [5, 5.41) is 3.93. The topological polar surface area (TPSA) is 37.8 Å². The molecule has 3 nitrogen and oxygen atoms in total. The van der Waals surface area contributed by atoms with Crippen molar-refractivity contribution < 1.29 is 4.39 Å². The van der Waals surface area contributed by atoms with Crippen LogP contribution in [0.5, 0.6) is 0 Å². The SMILES string of the molecule is CNc1nc(C)nc(Sc2ccc(F)cc2)c1C. The molecule has 94 valence electrons. The third-order valence-corrected chi connectivity index (χ3v) is 3.58. The van der Waals surface area contributed by atoms with E-state index in [2.05, 4.69) is 15.3 Å². The Hall–Kier alpha value is -1.62. The van der Waals surface area contributed by atoms with Gasteiger partial charge in [-0.25, -0.2) is 14.4 Å². The molecule has 2 rings (SSSR count). The van der Waals surface area contributed by atoms with Gasteiger partial charge in [0.15, 0.2) is 0 Å². The summed E-state index contributed by atoms with van der Waals surface area (Å²) >= 11 is 1.51. The predicted molar refractivity (Wildman–Crippen MR) is 71.6 cm³/mol. The van der Waals surface area contributed by atoms with Gasteiger partial charge in [0.2, 0.25) is 0 Å². The lowest BCUT2D eigenvalue weighted by atomic mass is 10.3. The second kappa shape index (κ2) is 5.35. The molecule has 0 aliphatic rings. The van der Waals surface area contributed by atoms with Crippen LogP contribution >= 0.6 is 11.8 Å². The quantitative estimate of drug-likeness (QED) is 0.861. The highest BCUT2D eigenvalue weighted by molar-refractivity contribution is 7.99. The van der Waals surface area contributed by atoms with E-state index in [1.807, 2.05) is 20.9 Å². The fourth-order valence-electron chi connectivity index (χ4n) is 1.56. The van der Waals surface area contributed by atoms with Crippen LogP contribution in [0.15, 0.2) is 34.2 Å². The monoisotopic (exact) mass is 263 g/mol. The van der Waals surface area contributed by atoms with Crippen molar-refractivity contribution in [3.8, 4) is 0 Å². The van der Waals surface area contributed by atoms with Crippen molar-refractivity contribution in [3.63, 3.8) is 0 Å². The lowest BCUT2D eigenvalue weighted by Gasteiger charge is -2.10. The van der Waals surface area contributed by atoms with E-state index in [1.165, 1.54) is 23.9 Å². The van der Waals surface area contributed by atoms with Gasteiger partial charge in [-0.3, -0.25) is 0 Å². The molecular weight excluding hydrogens is 249 g/mol. The van der Waals surface area contributed by atoms with Crippen molar-refractivity contribution in [3.05, 3.63) is 41.5 Å². The van der Waals surface area contributed by atoms with Gasteiger partial charge in [0.1, 0.15) is 22.5 Å². The number of aromatic nitrogens is 2. The van der Waals surface area contributed by atoms with Crippen molar-refractivity contribution in [1.29, 1.82) is 0 Å². The Labute approximate surface area is 110 Å². The van der Waals surface area contributed by atoms with E-state index in [-0.39, 0.29) is 5.82 Å². The van der Waals surface area contributed by atoms with E-state index >= 15 is 0 Å². The van der Waals surface area contributed by atoms with Gasteiger partial charge in [-0.15, -0.1) is 0 Å². The van der Waals surface area contributed by atoms with Crippen LogP contribution in [0.4, 0.5) is 10.2 Å². The van der Waals surface area contributed by atoms with E-state index in [4.69, 9.17) is 0 Å². The van der Waals surface area contributed by atoms with Crippen LogP contribution in [-0.4, -0.2) is 17.0 Å². The molecule has 2 aromatic rings. The minimum Gasteiger partial charge on any atom is -0.373 e. The molecule has 1 aromatic carbocycles. The van der Waals surface area contributed by atoms with Gasteiger partial charge in [0, 0.05) is 17.5 Å². The third kappa shape index (κ3) is 2.79. The van der Waals surface area contributed by atoms with E-state index in [0.717, 1.165) is 27.1 Å². The van der Waals surface area contributed by atoms with Crippen LogP contribution in [0.3, 0.4) is 0 Å². The first-order valence-electron chi connectivity index (χ1n) is 5.56. The molecule has 0 spiro atoms. The highest BCUT2D eigenvalue weighted by Crippen LogP contribution is 2.31. The molecule has 18 heavy (non-hydrogen) atoms. The second-order valence-electron chi connectivity index (χ2n) is 3.86. The molecule has 0 bridgehead atoms. The first-order chi connectivity index (χ1) is 8.60. The minimum atomic E-state index is -0.231. The smallest absolute Gasteiger partial charge is 0.133 e. The number of hydrogen-bond acceptors (Lipinski definition) is 4. The van der Waals surface area contributed by atoms with Gasteiger partial charge in [0.25, 0.3) is 0 Å². The van der Waals surface area contributed by atoms with Gasteiger partial charge in [-0.1, -0.05) is 11.8 Å². The summed E-state index contributed by atoms with van der Waals surface area (Å²) in [5.41, 5.74) is 0.998. The number of halogens is 1. The van der Waals surface area contributed by atoms with Crippen LogP contribution in [0.2, 0.25) is 0 Å². The molecule has 0 radical (unpaired) electrons. The number of benzene rings is 1. The largest absolute Gasteiger partial charge is 0.373 e. The third-order valence-electron chi connectivity index (χ3n) is 2.48. The van der Waals surface area contributed by atoms with Crippen molar-refractivity contribution in [2.45, 2.75) is 23.8 Å². The Bertz CT molecular complexity index is 555. The summed E-state index contributed by atoms with van der Waals surface area (Å²) < 4.78 is 12.8. The fourth-order valence-corrected chi connectivity index (χ4v) is 2.48. The van der Waals surface area contributed by atoms with Crippen molar-refractivity contribution in [2.24, 2.45) is 0 Å². The van der Waals surface area contributed by atoms with E-state index in [0.29, 0.717) is 0 Å². The van der Waals surface area contributed by atoms with Gasteiger partial charge < -0.3 is 5.32 Å². The molecule has 1 aromatic heterocycles. The zero-order valence-corrected chi connectivity index (χ0v) is 11.3. The molecule has 0 aliphatic carbocycles. The number of hydrogen-bond donors (Lipinski definition) is 1. The molecule has 0 amide bonds. The normalized spacial score (nSPS) is 10.4. The Morgan fingerprint density at radius 1 is 1.11 bits per heavy atom. The molecule has 0 saturated heterocycles. The summed E-state index contributed by atoms with van der Waals surface area (Å²) in [7, 11) is 1.83. The summed E-state index contributed by atoms with van der Waals surface area (Å²) in [6, 6.07) is 6.39. The molecule has 1 N–H and O–H groups in total. The number of aryl methyl sites for hydroxylation is 1. The van der Waals surface area contributed by atoms with Gasteiger partial charge in [-0.2, -0.15) is 0 Å². The number of anilines is 1. The standard InChI is InChI=1S/C13H14FN3S/c1-8-12(15-3)16-9(2)17-13(8)18-11-6-4-10(14)5-7-11/h4-7H,1-3H3,(H,15,16,17). The summed E-state index contributed by atoms with van der Waals surface area (Å²) in [6.45, 7) is 3.83. The maximum atomic E-state index is 12.8. The van der Waals surface area contributed by atoms with Gasteiger partial charge >= 0.3 is 0 Å². The van der Waals surface area contributed by atoms with Crippen LogP contribution in [0.1, 0.15) is 11.4 Å². The Balaban J connectivity index is 2.34. The van der Waals surface area contributed by atoms with Crippen LogP contribution < -0.4 is 5.32 Å². The number of nitrogens with one attached hydrogen (secondary N) is 1. The first kappa shape index (κ1) is 12.8. The predicted octanol–water partition coefficient (Wildman–Crippen LogP) is 3.43. The molecule has 0 saturated carbocycles. The molecular formula is C13H14FN3S. The average molecular weight is 263 g/mol. The summed E-state index contributed by atoms with van der Waals surface area (Å²) in [4.78, 5) is 9.69. The number of nitrogens with zero attached hydrogens (tertiary/aromatic N) is 2. The van der Waals surface area contributed by atoms with Crippen molar-refractivity contribution >= 4 is 17.6 Å². The maximum absolute atomic E-state index is 12.8. The van der Waals surface area contributed by atoms with Crippen LogP contribution in [0.25, 0.3) is 0 Å². The Kier molecular flexibility index (Phi) is 3.81. The number of rotatable bonds is 3. The highest BCUT2D eigenvalue weighted by Gasteiger charge is 2.09. The average Bonchev–Trinajstić information content (AvgIpc) is 2.36. The van der Waals surface area contributed by atoms with Gasteiger partial charge in [-0.05, 0) is 38.1 Å². The first-order valence-corrected chi connectivity index (χ1v) is 6.38. The van der Waals surface area contributed by atoms with E-state index in [9.17, 15) is 4.39 Å². The van der Waals surface area contributed by atoms with Crippen LogP contribution in [-0.2, 0) is 0 Å². The maximum Gasteiger partial charge on any atom is 0.133 e. The zero-order valence-electron chi connectivity index (χ0n) is 10.5. The van der Waals surface area contributed by atoms with Crippen LogP contribution in [0, 0.1) is 19.7 Å². The Morgan fingerprint density at radius 3 is 2.39 bits per heavy atom. The summed E-state index contributed by atoms with van der Waals surface area (Å²) in [6.07, 6.45) is 0. The molecule has 0 fully saturated rings. The summed E-state index contributed by atoms with van der Waals surface area (Å²) in [5.74, 6) is 1.31. The van der Waals surface area contributed by atoms with Crippen molar-refractivity contribution in [2.75, 3.05) is 12.4 Å².